The summed E-state index contributed by atoms with van der Waals surface area (Å²) in [7, 11) is 0. The molecule has 0 saturated carbocycles. The number of fused-ring (bicyclic) bond motifs is 2. The predicted octanol–water partition coefficient (Wildman–Crippen LogP) is 3.49. The fourth-order valence-corrected chi connectivity index (χ4v) is 7.05. The number of amides is 3. The zero-order valence-electron chi connectivity index (χ0n) is 22.7. The van der Waals surface area contributed by atoms with Gasteiger partial charge in [0.15, 0.2) is 0 Å². The van der Waals surface area contributed by atoms with Gasteiger partial charge < -0.3 is 25.4 Å². The van der Waals surface area contributed by atoms with Crippen molar-refractivity contribution >= 4 is 34.2 Å². The van der Waals surface area contributed by atoms with Crippen LogP contribution in [0.5, 0.6) is 0 Å². The Morgan fingerprint density at radius 1 is 1.02 bits per heavy atom. The number of likely N-dealkylation sites (tertiary alicyclic amines) is 1. The number of aliphatic hydroxyl groups excluding tert-OH is 1. The first kappa shape index (κ1) is 26.5. The molecule has 0 aliphatic carbocycles. The number of hydrogen-bond acceptors (Lipinski definition) is 5. The maximum Gasteiger partial charge on any atom is 0.250 e. The van der Waals surface area contributed by atoms with E-state index >= 15 is 0 Å². The van der Waals surface area contributed by atoms with Gasteiger partial charge in [0.25, 0.3) is 0 Å². The Hall–Kier alpha value is -3.75. The molecule has 2 bridgehead atoms. The first-order valence-electron chi connectivity index (χ1n) is 14.1. The third kappa shape index (κ3) is 4.26. The van der Waals surface area contributed by atoms with Crippen molar-refractivity contribution in [3.8, 4) is 0 Å². The molecular weight excluding hydrogens is 506 g/mol. The van der Waals surface area contributed by atoms with Crippen LogP contribution in [0.2, 0.25) is 0 Å². The molecule has 3 fully saturated rings. The fraction of sp³-hybridized carbons (Fsp3) is 0.406. The average Bonchev–Trinajstić information content (AvgIpc) is 3.60. The van der Waals surface area contributed by atoms with Crippen LogP contribution in [-0.2, 0) is 25.7 Å². The Labute approximate surface area is 233 Å². The molecule has 8 nitrogen and oxygen atoms in total. The summed E-state index contributed by atoms with van der Waals surface area (Å²) in [6.45, 7) is 3.89. The SMILES string of the molecule is CC(C)[C@H](CO)N1C(=O)[C@@H]2[C@H](C(=O)NCc3ccccc3)[C@@H]3CCC2(O3)C1C(=O)Nc1ccc2ccccc2c1. The molecule has 3 amide bonds. The Kier molecular flexibility index (Phi) is 6.84. The topological polar surface area (TPSA) is 108 Å². The van der Waals surface area contributed by atoms with E-state index in [1.807, 2.05) is 86.6 Å². The number of carbonyl (C=O) groups is 3. The number of nitrogens with one attached hydrogen (secondary N) is 2. The van der Waals surface area contributed by atoms with E-state index in [4.69, 9.17) is 4.74 Å². The van der Waals surface area contributed by atoms with E-state index in [0.717, 1.165) is 16.3 Å². The van der Waals surface area contributed by atoms with E-state index < -0.39 is 35.6 Å². The van der Waals surface area contributed by atoms with E-state index in [9.17, 15) is 19.5 Å². The smallest absolute Gasteiger partial charge is 0.250 e. The monoisotopic (exact) mass is 541 g/mol. The molecular formula is C32H35N3O5. The van der Waals surface area contributed by atoms with Crippen molar-refractivity contribution in [3.05, 3.63) is 78.4 Å². The molecule has 3 aromatic carbocycles. The Morgan fingerprint density at radius 3 is 2.48 bits per heavy atom. The second-order valence-electron chi connectivity index (χ2n) is 11.5. The van der Waals surface area contributed by atoms with Crippen LogP contribution >= 0.6 is 0 Å². The first-order valence-corrected chi connectivity index (χ1v) is 14.1. The molecule has 6 rings (SSSR count). The van der Waals surface area contributed by atoms with Crippen molar-refractivity contribution in [2.24, 2.45) is 17.8 Å². The van der Waals surface area contributed by atoms with E-state index in [1.54, 1.807) is 0 Å². The maximum atomic E-state index is 14.2. The van der Waals surface area contributed by atoms with Gasteiger partial charge in [-0.3, -0.25) is 14.4 Å². The molecule has 1 spiro atoms. The first-order chi connectivity index (χ1) is 19.3. The highest BCUT2D eigenvalue weighted by Crippen LogP contribution is 2.59. The van der Waals surface area contributed by atoms with Crippen LogP contribution in [0.25, 0.3) is 10.8 Å². The summed E-state index contributed by atoms with van der Waals surface area (Å²) in [5.74, 6) is -2.50. The fourth-order valence-electron chi connectivity index (χ4n) is 7.05. The summed E-state index contributed by atoms with van der Waals surface area (Å²) < 4.78 is 6.52. The van der Waals surface area contributed by atoms with Gasteiger partial charge in [0.05, 0.1) is 30.6 Å². The minimum atomic E-state index is -1.13. The quantitative estimate of drug-likeness (QED) is 0.405. The summed E-state index contributed by atoms with van der Waals surface area (Å²) in [4.78, 5) is 43.3. The van der Waals surface area contributed by atoms with Crippen molar-refractivity contribution < 1.29 is 24.2 Å². The number of anilines is 1. The number of ether oxygens (including phenoxy) is 1. The minimum Gasteiger partial charge on any atom is -0.394 e. The van der Waals surface area contributed by atoms with Gasteiger partial charge in [0.2, 0.25) is 17.7 Å². The van der Waals surface area contributed by atoms with Gasteiger partial charge in [-0.15, -0.1) is 0 Å². The lowest BCUT2D eigenvalue weighted by molar-refractivity contribution is -0.145. The molecule has 0 aromatic heterocycles. The molecule has 3 N–H and O–H groups in total. The lowest BCUT2D eigenvalue weighted by Gasteiger charge is -2.38. The highest BCUT2D eigenvalue weighted by atomic mass is 16.5. The zero-order chi connectivity index (χ0) is 28.0. The van der Waals surface area contributed by atoms with E-state index in [-0.39, 0.29) is 30.2 Å². The molecule has 40 heavy (non-hydrogen) atoms. The van der Waals surface area contributed by atoms with E-state index in [1.165, 1.54) is 4.90 Å². The number of nitrogens with zero attached hydrogens (tertiary/aromatic N) is 1. The van der Waals surface area contributed by atoms with Crippen molar-refractivity contribution in [3.63, 3.8) is 0 Å². The van der Waals surface area contributed by atoms with Gasteiger partial charge in [-0.05, 0) is 47.2 Å². The van der Waals surface area contributed by atoms with Crippen LogP contribution in [0.3, 0.4) is 0 Å². The van der Waals surface area contributed by atoms with Crippen molar-refractivity contribution in [2.75, 3.05) is 11.9 Å². The second kappa shape index (κ2) is 10.3. The van der Waals surface area contributed by atoms with Crippen LogP contribution in [0.1, 0.15) is 32.3 Å². The molecule has 3 aliphatic heterocycles. The molecule has 3 saturated heterocycles. The van der Waals surface area contributed by atoms with Crippen molar-refractivity contribution in [1.29, 1.82) is 0 Å². The van der Waals surface area contributed by atoms with Gasteiger partial charge >= 0.3 is 0 Å². The second-order valence-corrected chi connectivity index (χ2v) is 11.5. The Morgan fingerprint density at radius 2 is 1.75 bits per heavy atom. The third-order valence-corrected chi connectivity index (χ3v) is 8.93. The average molecular weight is 542 g/mol. The number of benzene rings is 3. The standard InChI is InChI=1S/C32H35N3O5/c1-19(2)24(18-36)35-28(30(38)34-23-13-12-21-10-6-7-11-22(21)16-23)32-15-14-25(40-32)26(27(32)31(35)39)29(37)33-17-20-8-4-3-5-9-20/h3-13,16,19,24-28,36H,14-15,17-18H2,1-2H3,(H,33,37)(H,34,38)/t24-,25-,26+,27-,28?,32?/m0/s1. The van der Waals surface area contributed by atoms with Gasteiger partial charge in [-0.1, -0.05) is 74.5 Å². The third-order valence-electron chi connectivity index (χ3n) is 8.93. The molecule has 3 heterocycles. The van der Waals surface area contributed by atoms with Gasteiger partial charge in [0, 0.05) is 12.2 Å². The molecule has 0 radical (unpaired) electrons. The minimum absolute atomic E-state index is 0.109. The molecule has 2 unspecified atom stereocenters. The molecule has 3 aliphatic rings. The lowest BCUT2D eigenvalue weighted by Crippen LogP contribution is -2.57. The largest absolute Gasteiger partial charge is 0.394 e. The number of carbonyl (C=O) groups excluding carboxylic acids is 3. The van der Waals surface area contributed by atoms with Crippen LogP contribution in [0.15, 0.2) is 72.8 Å². The summed E-state index contributed by atoms with van der Waals surface area (Å²) in [6, 6.07) is 21.6. The summed E-state index contributed by atoms with van der Waals surface area (Å²) >= 11 is 0. The van der Waals surface area contributed by atoms with Crippen LogP contribution in [0.4, 0.5) is 5.69 Å². The van der Waals surface area contributed by atoms with Crippen LogP contribution < -0.4 is 10.6 Å². The van der Waals surface area contributed by atoms with Crippen LogP contribution in [-0.4, -0.2) is 58.1 Å². The Balaban J connectivity index is 1.32. The summed E-state index contributed by atoms with van der Waals surface area (Å²) in [5.41, 5.74) is 0.451. The number of aliphatic hydroxyl groups is 1. The van der Waals surface area contributed by atoms with Crippen molar-refractivity contribution in [2.45, 2.75) is 57.0 Å². The summed E-state index contributed by atoms with van der Waals surface area (Å²) in [5, 5.41) is 18.4. The highest BCUT2D eigenvalue weighted by Gasteiger charge is 2.75. The van der Waals surface area contributed by atoms with E-state index in [0.29, 0.717) is 25.1 Å². The Bertz CT molecular complexity index is 1440. The predicted molar refractivity (Wildman–Crippen MR) is 151 cm³/mol. The zero-order valence-corrected chi connectivity index (χ0v) is 22.7. The van der Waals surface area contributed by atoms with Gasteiger partial charge in [-0.25, -0.2) is 0 Å². The lowest BCUT2D eigenvalue weighted by atomic mass is 9.70. The molecule has 8 heteroatoms. The molecule has 3 aromatic rings. The van der Waals surface area contributed by atoms with Crippen molar-refractivity contribution in [1.82, 2.24) is 10.2 Å². The summed E-state index contributed by atoms with van der Waals surface area (Å²) in [6.07, 6.45) is 0.653. The van der Waals surface area contributed by atoms with Gasteiger partial charge in [-0.2, -0.15) is 0 Å². The molecule has 6 atom stereocenters. The van der Waals surface area contributed by atoms with E-state index in [2.05, 4.69) is 10.6 Å². The number of hydrogen-bond donors (Lipinski definition) is 3. The highest BCUT2D eigenvalue weighted by molar-refractivity contribution is 6.04. The molecule has 208 valence electrons. The number of rotatable bonds is 8. The van der Waals surface area contributed by atoms with Gasteiger partial charge in [0.1, 0.15) is 11.6 Å². The van der Waals surface area contributed by atoms with Crippen LogP contribution in [0, 0.1) is 17.8 Å². The maximum absolute atomic E-state index is 14.2. The normalized spacial score (nSPS) is 27.7.